The molecule has 3 aromatic heterocycles. The first-order valence-electron chi connectivity index (χ1n) is 6.99. The zero-order chi connectivity index (χ0) is 15.3. The smallest absolute Gasteiger partial charge is 0.264 e. The number of nitrogens with zero attached hydrogens (tertiary/aromatic N) is 4. The molecular formula is C15H13ClN4OS. The fraction of sp³-hybridized carbons (Fsp3) is 0.267. The largest absolute Gasteiger partial charge is 0.333 e. The molecule has 4 rings (SSSR count). The molecule has 0 atom stereocenters. The Morgan fingerprint density at radius 2 is 2.27 bits per heavy atom. The minimum absolute atomic E-state index is 0.0271. The number of halogens is 1. The molecule has 0 bridgehead atoms. The first-order chi connectivity index (χ1) is 10.6. The summed E-state index contributed by atoms with van der Waals surface area (Å²) in [5.74, 6) is 0.0271. The van der Waals surface area contributed by atoms with Gasteiger partial charge in [-0.05, 0) is 19.1 Å². The third kappa shape index (κ3) is 2.19. The van der Waals surface area contributed by atoms with E-state index in [0.717, 1.165) is 29.0 Å². The van der Waals surface area contributed by atoms with Crippen LogP contribution in [0.5, 0.6) is 0 Å². The van der Waals surface area contributed by atoms with Gasteiger partial charge in [0, 0.05) is 37.3 Å². The van der Waals surface area contributed by atoms with E-state index in [-0.39, 0.29) is 5.91 Å². The summed E-state index contributed by atoms with van der Waals surface area (Å²) in [4.78, 5) is 19.5. The molecule has 0 unspecified atom stereocenters. The monoisotopic (exact) mass is 332 g/mol. The van der Waals surface area contributed by atoms with E-state index >= 15 is 0 Å². The van der Waals surface area contributed by atoms with Gasteiger partial charge in [0.2, 0.25) is 0 Å². The highest BCUT2D eigenvalue weighted by molar-refractivity contribution is 7.17. The predicted octanol–water partition coefficient (Wildman–Crippen LogP) is 2.95. The summed E-state index contributed by atoms with van der Waals surface area (Å²) >= 11 is 7.24. The van der Waals surface area contributed by atoms with Crippen LogP contribution in [0.3, 0.4) is 0 Å². The Morgan fingerprint density at radius 3 is 3.05 bits per heavy atom. The van der Waals surface area contributed by atoms with Crippen molar-refractivity contribution in [1.82, 2.24) is 19.5 Å². The van der Waals surface area contributed by atoms with Crippen molar-refractivity contribution in [1.29, 1.82) is 0 Å². The SMILES string of the molecule is Cc1cc2ncc3c(n2n1)CCN(C(=O)c1ccc(Cl)s1)C3. The Kier molecular flexibility index (Phi) is 3.16. The maximum atomic E-state index is 12.5. The minimum Gasteiger partial charge on any atom is -0.333 e. The van der Waals surface area contributed by atoms with E-state index in [0.29, 0.717) is 22.3 Å². The van der Waals surface area contributed by atoms with Crippen LogP contribution in [0.4, 0.5) is 0 Å². The van der Waals surface area contributed by atoms with Crippen LogP contribution in [-0.4, -0.2) is 31.9 Å². The molecule has 0 N–H and O–H groups in total. The van der Waals surface area contributed by atoms with Gasteiger partial charge < -0.3 is 4.90 Å². The lowest BCUT2D eigenvalue weighted by Gasteiger charge is -2.28. The number of thiophene rings is 1. The van der Waals surface area contributed by atoms with Gasteiger partial charge in [-0.3, -0.25) is 4.79 Å². The lowest BCUT2D eigenvalue weighted by molar-refractivity contribution is 0.0737. The number of hydrogen-bond donors (Lipinski definition) is 0. The van der Waals surface area contributed by atoms with Crippen LogP contribution in [0.2, 0.25) is 4.34 Å². The number of amides is 1. The predicted molar refractivity (Wildman–Crippen MR) is 85.5 cm³/mol. The van der Waals surface area contributed by atoms with E-state index in [1.54, 1.807) is 12.1 Å². The maximum absolute atomic E-state index is 12.5. The van der Waals surface area contributed by atoms with Crippen LogP contribution in [0, 0.1) is 6.92 Å². The number of aromatic nitrogens is 3. The summed E-state index contributed by atoms with van der Waals surface area (Å²) < 4.78 is 2.53. The van der Waals surface area contributed by atoms with E-state index in [9.17, 15) is 4.79 Å². The maximum Gasteiger partial charge on any atom is 0.264 e. The van der Waals surface area contributed by atoms with E-state index in [1.807, 2.05) is 28.6 Å². The van der Waals surface area contributed by atoms with Gasteiger partial charge in [0.15, 0.2) is 5.65 Å². The van der Waals surface area contributed by atoms with Crippen LogP contribution in [0.25, 0.3) is 5.65 Å². The molecule has 1 aliphatic rings. The van der Waals surface area contributed by atoms with Crippen LogP contribution in [-0.2, 0) is 13.0 Å². The summed E-state index contributed by atoms with van der Waals surface area (Å²) in [6, 6.07) is 5.50. The lowest BCUT2D eigenvalue weighted by Crippen LogP contribution is -2.36. The fourth-order valence-electron chi connectivity index (χ4n) is 2.81. The molecule has 112 valence electrons. The molecule has 0 radical (unpaired) electrons. The highest BCUT2D eigenvalue weighted by Gasteiger charge is 2.25. The van der Waals surface area contributed by atoms with Crippen molar-refractivity contribution in [3.8, 4) is 0 Å². The second-order valence-corrected chi connectivity index (χ2v) is 7.08. The summed E-state index contributed by atoms with van der Waals surface area (Å²) in [6.45, 7) is 3.20. The number of carbonyl (C=O) groups excluding carboxylic acids is 1. The molecule has 5 nitrogen and oxygen atoms in total. The van der Waals surface area contributed by atoms with Crippen molar-refractivity contribution in [2.45, 2.75) is 19.9 Å². The van der Waals surface area contributed by atoms with Crippen LogP contribution in [0.1, 0.15) is 26.6 Å². The average Bonchev–Trinajstić information content (AvgIpc) is 3.11. The van der Waals surface area contributed by atoms with E-state index in [2.05, 4.69) is 10.1 Å². The summed E-state index contributed by atoms with van der Waals surface area (Å²) in [5, 5.41) is 4.49. The highest BCUT2D eigenvalue weighted by Crippen LogP contribution is 2.26. The van der Waals surface area contributed by atoms with Crippen LogP contribution < -0.4 is 0 Å². The van der Waals surface area contributed by atoms with Crippen molar-refractivity contribution in [2.24, 2.45) is 0 Å². The normalized spacial score (nSPS) is 14.4. The Hall–Kier alpha value is -1.92. The molecule has 0 aliphatic carbocycles. The third-order valence-electron chi connectivity index (χ3n) is 3.84. The molecule has 0 fully saturated rings. The molecule has 1 aliphatic heterocycles. The third-order valence-corrected chi connectivity index (χ3v) is 5.06. The highest BCUT2D eigenvalue weighted by atomic mass is 35.5. The Bertz CT molecular complexity index is 885. The lowest BCUT2D eigenvalue weighted by atomic mass is 10.1. The van der Waals surface area contributed by atoms with Gasteiger partial charge in [0.1, 0.15) is 0 Å². The van der Waals surface area contributed by atoms with Crippen molar-refractivity contribution in [3.63, 3.8) is 0 Å². The van der Waals surface area contributed by atoms with E-state index in [1.165, 1.54) is 11.3 Å². The Morgan fingerprint density at radius 1 is 1.41 bits per heavy atom. The minimum atomic E-state index is 0.0271. The zero-order valence-electron chi connectivity index (χ0n) is 11.9. The summed E-state index contributed by atoms with van der Waals surface area (Å²) in [5.41, 5.74) is 4.01. The van der Waals surface area contributed by atoms with Crippen molar-refractivity contribution >= 4 is 34.5 Å². The van der Waals surface area contributed by atoms with Crippen LogP contribution >= 0.6 is 22.9 Å². The topological polar surface area (TPSA) is 50.5 Å². The number of aryl methyl sites for hydroxylation is 1. The molecule has 0 saturated carbocycles. The van der Waals surface area contributed by atoms with Gasteiger partial charge in [0.25, 0.3) is 5.91 Å². The van der Waals surface area contributed by atoms with Crippen LogP contribution in [0.15, 0.2) is 24.4 Å². The van der Waals surface area contributed by atoms with Gasteiger partial charge in [-0.25, -0.2) is 9.50 Å². The second kappa shape index (κ2) is 5.07. The molecular weight excluding hydrogens is 320 g/mol. The molecule has 0 saturated heterocycles. The Balaban J connectivity index is 1.67. The summed E-state index contributed by atoms with van der Waals surface area (Å²) in [6.07, 6.45) is 2.63. The molecule has 0 spiro atoms. The first kappa shape index (κ1) is 13.7. The fourth-order valence-corrected chi connectivity index (χ4v) is 3.82. The summed E-state index contributed by atoms with van der Waals surface area (Å²) in [7, 11) is 0. The van der Waals surface area contributed by atoms with Crippen molar-refractivity contribution < 1.29 is 4.79 Å². The van der Waals surface area contributed by atoms with Gasteiger partial charge in [-0.15, -0.1) is 11.3 Å². The van der Waals surface area contributed by atoms with E-state index in [4.69, 9.17) is 11.6 Å². The number of fused-ring (bicyclic) bond motifs is 3. The van der Waals surface area contributed by atoms with E-state index < -0.39 is 0 Å². The molecule has 0 aromatic carbocycles. The molecule has 22 heavy (non-hydrogen) atoms. The molecule has 3 aromatic rings. The number of rotatable bonds is 1. The number of carbonyl (C=O) groups is 1. The van der Waals surface area contributed by atoms with Gasteiger partial charge in [0.05, 0.1) is 20.6 Å². The van der Waals surface area contributed by atoms with Crippen molar-refractivity contribution in [2.75, 3.05) is 6.54 Å². The first-order valence-corrected chi connectivity index (χ1v) is 8.19. The average molecular weight is 333 g/mol. The van der Waals surface area contributed by atoms with Gasteiger partial charge >= 0.3 is 0 Å². The quantitative estimate of drug-likeness (QED) is 0.688. The number of hydrogen-bond acceptors (Lipinski definition) is 4. The zero-order valence-corrected chi connectivity index (χ0v) is 13.5. The molecule has 1 amide bonds. The van der Waals surface area contributed by atoms with Gasteiger partial charge in [-0.1, -0.05) is 11.6 Å². The van der Waals surface area contributed by atoms with Gasteiger partial charge in [-0.2, -0.15) is 5.10 Å². The second-order valence-electron chi connectivity index (χ2n) is 5.37. The van der Waals surface area contributed by atoms with Crippen molar-refractivity contribution in [3.05, 3.63) is 50.6 Å². The molecule has 7 heteroatoms. The Labute approximate surface area is 136 Å². The standard InChI is InChI=1S/C15H13ClN4OS/c1-9-6-14-17-7-10-8-19(5-4-11(10)20(14)18-9)15(21)12-2-3-13(16)22-12/h2-3,6-7H,4-5,8H2,1H3. The molecule has 4 heterocycles.